The van der Waals surface area contributed by atoms with Crippen molar-refractivity contribution in [3.8, 4) is 0 Å². The fourth-order valence-corrected chi connectivity index (χ4v) is 2.14. The van der Waals surface area contributed by atoms with E-state index in [1.54, 1.807) is 18.2 Å². The Morgan fingerprint density at radius 3 is 2.52 bits per heavy atom. The third-order valence-electron chi connectivity index (χ3n) is 2.68. The van der Waals surface area contributed by atoms with E-state index in [9.17, 15) is 9.18 Å². The van der Waals surface area contributed by atoms with Crippen LogP contribution in [0.25, 0.3) is 0 Å². The van der Waals surface area contributed by atoms with Gasteiger partial charge in [0, 0.05) is 11.1 Å². The largest absolute Gasteiger partial charge is 0.389 e. The first-order chi connectivity index (χ1) is 9.88. The highest BCUT2D eigenvalue weighted by Gasteiger charge is 2.12. The molecule has 0 spiro atoms. The van der Waals surface area contributed by atoms with E-state index in [0.717, 1.165) is 6.07 Å². The van der Waals surface area contributed by atoms with Crippen molar-refractivity contribution >= 4 is 56.3 Å². The highest BCUT2D eigenvalue weighted by Crippen LogP contribution is 2.24. The minimum Gasteiger partial charge on any atom is -0.389 e. The maximum absolute atomic E-state index is 13.4. The predicted molar refractivity (Wildman–Crippen MR) is 89.4 cm³/mol. The Morgan fingerprint density at radius 1 is 1.24 bits per heavy atom. The number of carbonyl (C=O) groups is 1. The van der Waals surface area contributed by atoms with Gasteiger partial charge in [-0.3, -0.25) is 4.79 Å². The van der Waals surface area contributed by atoms with Crippen molar-refractivity contribution in [3.63, 3.8) is 0 Å². The number of hydrogen-bond donors (Lipinski definition) is 2. The fourth-order valence-electron chi connectivity index (χ4n) is 1.61. The van der Waals surface area contributed by atoms with Gasteiger partial charge in [-0.25, -0.2) is 4.39 Å². The Balaban J connectivity index is 2.28. The van der Waals surface area contributed by atoms with E-state index >= 15 is 0 Å². The van der Waals surface area contributed by atoms with Gasteiger partial charge < -0.3 is 11.1 Å². The molecular weight excluding hydrogens is 379 g/mol. The summed E-state index contributed by atoms with van der Waals surface area (Å²) in [7, 11) is 0. The van der Waals surface area contributed by atoms with Crippen LogP contribution in [0.4, 0.5) is 10.1 Å². The van der Waals surface area contributed by atoms with Crippen LogP contribution in [0.3, 0.4) is 0 Å². The molecule has 0 aliphatic carbocycles. The summed E-state index contributed by atoms with van der Waals surface area (Å²) in [6.45, 7) is 0. The summed E-state index contributed by atoms with van der Waals surface area (Å²) in [5, 5.41) is 2.93. The summed E-state index contributed by atoms with van der Waals surface area (Å²) >= 11 is 13.9. The Hall–Kier alpha value is -1.50. The maximum atomic E-state index is 13.4. The number of benzene rings is 2. The molecule has 2 aromatic rings. The van der Waals surface area contributed by atoms with E-state index in [1.807, 2.05) is 0 Å². The standard InChI is InChI=1S/C14H9BrClFN2OS/c15-9-3-1-8(5-11(9)17)14(20)19-12-6-7(13(18)21)2-4-10(12)16/h1-6H,(H2,18,21)(H,19,20). The summed E-state index contributed by atoms with van der Waals surface area (Å²) < 4.78 is 13.7. The molecule has 7 heteroatoms. The smallest absolute Gasteiger partial charge is 0.255 e. The molecule has 0 aliphatic heterocycles. The molecule has 2 aromatic carbocycles. The van der Waals surface area contributed by atoms with Gasteiger partial charge in [0.05, 0.1) is 15.2 Å². The Labute approximate surface area is 139 Å². The lowest BCUT2D eigenvalue weighted by Crippen LogP contribution is -2.14. The monoisotopic (exact) mass is 386 g/mol. The maximum Gasteiger partial charge on any atom is 0.255 e. The lowest BCUT2D eigenvalue weighted by atomic mass is 10.1. The molecule has 0 saturated heterocycles. The highest BCUT2D eigenvalue weighted by molar-refractivity contribution is 9.10. The van der Waals surface area contributed by atoms with Crippen LogP contribution in [-0.2, 0) is 0 Å². The van der Waals surface area contributed by atoms with Gasteiger partial charge >= 0.3 is 0 Å². The number of nitrogens with two attached hydrogens (primary N) is 1. The van der Waals surface area contributed by atoms with Crippen molar-refractivity contribution in [2.24, 2.45) is 5.73 Å². The molecule has 0 saturated carbocycles. The molecule has 0 aromatic heterocycles. The number of nitrogens with one attached hydrogen (secondary N) is 1. The highest BCUT2D eigenvalue weighted by atomic mass is 79.9. The number of halogens is 3. The fraction of sp³-hybridized carbons (Fsp3) is 0. The summed E-state index contributed by atoms with van der Waals surface area (Å²) in [4.78, 5) is 12.3. The van der Waals surface area contributed by atoms with E-state index in [1.165, 1.54) is 12.1 Å². The summed E-state index contributed by atoms with van der Waals surface area (Å²) in [5.41, 5.74) is 6.64. The van der Waals surface area contributed by atoms with E-state index in [4.69, 9.17) is 29.6 Å². The van der Waals surface area contributed by atoms with Crippen LogP contribution < -0.4 is 11.1 Å². The number of rotatable bonds is 3. The molecule has 108 valence electrons. The van der Waals surface area contributed by atoms with E-state index in [-0.39, 0.29) is 15.0 Å². The first kappa shape index (κ1) is 15.9. The second-order valence-corrected chi connectivity index (χ2v) is 5.84. The Morgan fingerprint density at radius 2 is 1.90 bits per heavy atom. The van der Waals surface area contributed by atoms with Crippen LogP contribution in [0.2, 0.25) is 5.02 Å². The minimum atomic E-state index is -0.523. The molecule has 3 N–H and O–H groups in total. The molecule has 3 nitrogen and oxygen atoms in total. The van der Waals surface area contributed by atoms with E-state index in [2.05, 4.69) is 21.2 Å². The molecule has 0 heterocycles. The summed E-state index contributed by atoms with van der Waals surface area (Å²) in [6.07, 6.45) is 0. The SMILES string of the molecule is NC(=S)c1ccc(Cl)c(NC(=O)c2ccc(Br)c(F)c2)c1. The molecule has 0 fully saturated rings. The average Bonchev–Trinajstić information content (AvgIpc) is 2.43. The first-order valence-electron chi connectivity index (χ1n) is 5.74. The molecule has 2 rings (SSSR count). The number of anilines is 1. The van der Waals surface area contributed by atoms with Crippen molar-refractivity contribution in [1.29, 1.82) is 0 Å². The van der Waals surface area contributed by atoms with Crippen molar-refractivity contribution < 1.29 is 9.18 Å². The molecule has 0 aliphatic rings. The lowest BCUT2D eigenvalue weighted by Gasteiger charge is -2.09. The van der Waals surface area contributed by atoms with Crippen LogP contribution >= 0.6 is 39.7 Å². The van der Waals surface area contributed by atoms with Crippen LogP contribution in [-0.4, -0.2) is 10.9 Å². The van der Waals surface area contributed by atoms with Gasteiger partial charge in [0.2, 0.25) is 0 Å². The van der Waals surface area contributed by atoms with Gasteiger partial charge in [-0.1, -0.05) is 29.9 Å². The second kappa shape index (κ2) is 6.51. The molecule has 1 amide bonds. The molecule has 21 heavy (non-hydrogen) atoms. The zero-order chi connectivity index (χ0) is 15.6. The zero-order valence-electron chi connectivity index (χ0n) is 10.5. The minimum absolute atomic E-state index is 0.174. The van der Waals surface area contributed by atoms with Crippen molar-refractivity contribution in [2.75, 3.05) is 5.32 Å². The number of amides is 1. The molecular formula is C14H9BrClFN2OS. The summed E-state index contributed by atoms with van der Waals surface area (Å²) in [6, 6.07) is 8.88. The van der Waals surface area contributed by atoms with E-state index < -0.39 is 11.7 Å². The molecule has 0 atom stereocenters. The predicted octanol–water partition coefficient (Wildman–Crippen LogP) is 4.13. The van der Waals surface area contributed by atoms with Gasteiger partial charge in [0.1, 0.15) is 10.8 Å². The van der Waals surface area contributed by atoms with Gasteiger partial charge in [-0.05, 0) is 46.3 Å². The first-order valence-corrected chi connectivity index (χ1v) is 7.32. The quantitative estimate of drug-likeness (QED) is 0.779. The third kappa shape index (κ3) is 3.78. The number of thiocarbonyl (C=S) groups is 1. The zero-order valence-corrected chi connectivity index (χ0v) is 13.7. The topological polar surface area (TPSA) is 55.1 Å². The van der Waals surface area contributed by atoms with Crippen molar-refractivity contribution in [1.82, 2.24) is 0 Å². The van der Waals surface area contributed by atoms with E-state index in [0.29, 0.717) is 16.3 Å². The average molecular weight is 388 g/mol. The van der Waals surface area contributed by atoms with Crippen LogP contribution in [0.1, 0.15) is 15.9 Å². The lowest BCUT2D eigenvalue weighted by molar-refractivity contribution is 0.102. The van der Waals surface area contributed by atoms with Crippen molar-refractivity contribution in [2.45, 2.75) is 0 Å². The van der Waals surface area contributed by atoms with Crippen LogP contribution in [0.15, 0.2) is 40.9 Å². The summed E-state index contributed by atoms with van der Waals surface area (Å²) in [5.74, 6) is -1.01. The second-order valence-electron chi connectivity index (χ2n) is 4.14. The Kier molecular flexibility index (Phi) is 4.92. The van der Waals surface area contributed by atoms with Gasteiger partial charge in [0.15, 0.2) is 0 Å². The molecule has 0 bridgehead atoms. The van der Waals surface area contributed by atoms with Crippen molar-refractivity contribution in [3.05, 3.63) is 62.8 Å². The van der Waals surface area contributed by atoms with Gasteiger partial charge in [-0.2, -0.15) is 0 Å². The van der Waals surface area contributed by atoms with Crippen LogP contribution in [0.5, 0.6) is 0 Å². The molecule has 0 radical (unpaired) electrons. The van der Waals surface area contributed by atoms with Gasteiger partial charge in [0.25, 0.3) is 5.91 Å². The third-order valence-corrected chi connectivity index (χ3v) is 3.89. The number of carbonyl (C=O) groups excluding carboxylic acids is 1. The molecule has 0 unspecified atom stereocenters. The normalized spacial score (nSPS) is 10.2. The van der Waals surface area contributed by atoms with Gasteiger partial charge in [-0.15, -0.1) is 0 Å². The van der Waals surface area contributed by atoms with Crippen LogP contribution in [0, 0.1) is 5.82 Å². The Bertz CT molecular complexity index is 739. The number of hydrogen-bond acceptors (Lipinski definition) is 2.